The predicted octanol–water partition coefficient (Wildman–Crippen LogP) is 5.45. The van der Waals surface area contributed by atoms with Gasteiger partial charge in [0.05, 0.1) is 0 Å². The van der Waals surface area contributed by atoms with E-state index in [-0.39, 0.29) is 0 Å². The van der Waals surface area contributed by atoms with Crippen LogP contribution >= 0.6 is 46.6 Å². The number of nitrogens with one attached hydrogen (secondary N) is 1. The first-order valence-electron chi connectivity index (χ1n) is 7.54. The molecule has 0 spiro atoms. The highest BCUT2D eigenvalue weighted by Crippen LogP contribution is 2.39. The van der Waals surface area contributed by atoms with Crippen molar-refractivity contribution in [3.05, 3.63) is 66.2 Å². The maximum atomic E-state index is 12.2. The monoisotopic (exact) mass is 426 g/mol. The second-order valence-electron chi connectivity index (χ2n) is 5.24. The van der Waals surface area contributed by atoms with Gasteiger partial charge in [-0.15, -0.1) is 0 Å². The number of fused-ring (bicyclic) bond motifs is 1. The number of carbonyl (C=O) groups excluding carboxylic acids is 1. The Morgan fingerprint density at radius 2 is 1.81 bits per heavy atom. The number of para-hydroxylation sites is 2. The summed E-state index contributed by atoms with van der Waals surface area (Å²) in [5.74, 6) is -0.395. The molecule has 0 saturated heterocycles. The number of rotatable bonds is 5. The van der Waals surface area contributed by atoms with Crippen molar-refractivity contribution in [2.24, 2.45) is 0 Å². The fourth-order valence-electron chi connectivity index (χ4n) is 2.09. The molecule has 3 rings (SSSR count). The van der Waals surface area contributed by atoms with E-state index in [4.69, 9.17) is 39.2 Å². The van der Waals surface area contributed by atoms with E-state index in [1.54, 1.807) is 12.1 Å². The molecule has 134 valence electrons. The van der Waals surface area contributed by atoms with E-state index in [1.807, 2.05) is 48.5 Å². The average Bonchev–Trinajstić information content (AvgIpc) is 3.02. The molecule has 1 aromatic heterocycles. The highest BCUT2D eigenvalue weighted by molar-refractivity contribution is 8.00. The van der Waals surface area contributed by atoms with Crippen LogP contribution in [0.4, 0.5) is 0 Å². The Morgan fingerprint density at radius 1 is 1.12 bits per heavy atom. The van der Waals surface area contributed by atoms with Crippen LogP contribution in [0, 0.1) is 0 Å². The average molecular weight is 428 g/mol. The van der Waals surface area contributed by atoms with Crippen molar-refractivity contribution >= 4 is 69.6 Å². The molecule has 0 aliphatic rings. The van der Waals surface area contributed by atoms with Gasteiger partial charge in [0.1, 0.15) is 10.9 Å². The van der Waals surface area contributed by atoms with Crippen LogP contribution in [-0.4, -0.2) is 20.1 Å². The van der Waals surface area contributed by atoms with Gasteiger partial charge in [0.25, 0.3) is 5.22 Å². The van der Waals surface area contributed by atoms with Crippen LogP contribution in [-0.2, 0) is 4.79 Å². The minimum absolute atomic E-state index is 0.301. The Bertz CT molecular complexity index is 890. The highest BCUT2D eigenvalue weighted by Gasteiger charge is 2.36. The van der Waals surface area contributed by atoms with Crippen LogP contribution in [0.25, 0.3) is 17.2 Å². The topological polar surface area (TPSA) is 55.1 Å². The molecule has 1 atom stereocenters. The predicted molar refractivity (Wildman–Crippen MR) is 108 cm³/mol. The maximum absolute atomic E-state index is 12.2. The van der Waals surface area contributed by atoms with Crippen LogP contribution in [0.1, 0.15) is 5.56 Å². The zero-order valence-electron chi connectivity index (χ0n) is 13.2. The van der Waals surface area contributed by atoms with Gasteiger partial charge in [-0.3, -0.25) is 4.79 Å². The largest absolute Gasteiger partial charge is 0.431 e. The number of alkyl halides is 3. The zero-order chi connectivity index (χ0) is 18.6. The second-order valence-corrected chi connectivity index (χ2v) is 8.66. The SMILES string of the molecule is O=C(/C=C/c1ccccc1)N[C@@H](Sc1nc2ccccc2o1)C(Cl)(Cl)Cl. The lowest BCUT2D eigenvalue weighted by Crippen LogP contribution is -2.40. The van der Waals surface area contributed by atoms with E-state index in [1.165, 1.54) is 6.08 Å². The first-order chi connectivity index (χ1) is 12.4. The fourth-order valence-corrected chi connectivity index (χ4v) is 3.46. The molecule has 0 saturated carbocycles. The number of hydrogen-bond donors (Lipinski definition) is 1. The number of halogens is 3. The Kier molecular flexibility index (Phi) is 6.14. The standard InChI is InChI=1S/C18H13Cl3N2O2S/c19-18(20,21)16(23-15(24)11-10-12-6-2-1-3-7-12)26-17-22-13-8-4-5-9-14(13)25-17/h1-11,16H,(H,23,24)/b11-10+/t16-/m0/s1. The molecule has 0 radical (unpaired) electrons. The molecule has 8 heteroatoms. The minimum atomic E-state index is -1.75. The Balaban J connectivity index is 1.71. The summed E-state index contributed by atoms with van der Waals surface area (Å²) in [6.45, 7) is 0. The third kappa shape index (κ3) is 5.17. The molecule has 0 unspecified atom stereocenters. The van der Waals surface area contributed by atoms with Crippen molar-refractivity contribution in [3.63, 3.8) is 0 Å². The normalized spacial score (nSPS) is 13.2. The van der Waals surface area contributed by atoms with E-state index in [9.17, 15) is 4.79 Å². The summed E-state index contributed by atoms with van der Waals surface area (Å²) in [5.41, 5.74) is 2.20. The number of nitrogens with zero attached hydrogens (tertiary/aromatic N) is 1. The summed E-state index contributed by atoms with van der Waals surface area (Å²) >= 11 is 19.1. The van der Waals surface area contributed by atoms with Gasteiger partial charge in [-0.2, -0.15) is 0 Å². The quantitative estimate of drug-likeness (QED) is 0.255. The number of benzene rings is 2. The molecule has 0 aliphatic carbocycles. The molecule has 0 fully saturated rings. The van der Waals surface area contributed by atoms with Gasteiger partial charge in [0, 0.05) is 6.08 Å². The first kappa shape index (κ1) is 19.1. The van der Waals surface area contributed by atoms with Crippen molar-refractivity contribution in [3.8, 4) is 0 Å². The van der Waals surface area contributed by atoms with Crippen LogP contribution in [0.3, 0.4) is 0 Å². The molecular formula is C18H13Cl3N2O2S. The zero-order valence-corrected chi connectivity index (χ0v) is 16.3. The third-order valence-corrected chi connectivity index (χ3v) is 5.42. The Labute approximate surface area is 169 Å². The molecule has 4 nitrogen and oxygen atoms in total. The first-order valence-corrected chi connectivity index (χ1v) is 9.56. The molecule has 1 amide bonds. The smallest absolute Gasteiger partial charge is 0.258 e. The molecule has 0 aliphatic heterocycles. The molecule has 0 bridgehead atoms. The van der Waals surface area contributed by atoms with Crippen molar-refractivity contribution in [1.82, 2.24) is 10.3 Å². The number of carbonyl (C=O) groups is 1. The van der Waals surface area contributed by atoms with Gasteiger partial charge in [-0.25, -0.2) is 4.98 Å². The van der Waals surface area contributed by atoms with E-state index in [0.29, 0.717) is 16.3 Å². The molecular weight excluding hydrogens is 415 g/mol. The van der Waals surface area contributed by atoms with Crippen LogP contribution in [0.5, 0.6) is 0 Å². The molecule has 26 heavy (non-hydrogen) atoms. The Hall–Kier alpha value is -1.66. The van der Waals surface area contributed by atoms with Crippen molar-refractivity contribution in [2.45, 2.75) is 14.4 Å². The van der Waals surface area contributed by atoms with Gasteiger partial charge in [-0.1, -0.05) is 77.3 Å². The minimum Gasteiger partial charge on any atom is -0.431 e. The van der Waals surface area contributed by atoms with Gasteiger partial charge < -0.3 is 9.73 Å². The molecule has 1 N–H and O–H groups in total. The lowest BCUT2D eigenvalue weighted by molar-refractivity contribution is -0.116. The van der Waals surface area contributed by atoms with E-state index >= 15 is 0 Å². The van der Waals surface area contributed by atoms with E-state index in [0.717, 1.165) is 17.3 Å². The number of hydrogen-bond acceptors (Lipinski definition) is 4. The summed E-state index contributed by atoms with van der Waals surface area (Å²) in [4.78, 5) is 16.5. The van der Waals surface area contributed by atoms with E-state index < -0.39 is 15.1 Å². The number of aromatic nitrogens is 1. The maximum Gasteiger partial charge on any atom is 0.258 e. The summed E-state index contributed by atoms with van der Waals surface area (Å²) < 4.78 is 3.86. The van der Waals surface area contributed by atoms with Gasteiger partial charge in [0.15, 0.2) is 5.58 Å². The van der Waals surface area contributed by atoms with Crippen LogP contribution in [0.2, 0.25) is 0 Å². The highest BCUT2D eigenvalue weighted by atomic mass is 35.6. The van der Waals surface area contributed by atoms with Crippen LogP contribution in [0.15, 0.2) is 70.3 Å². The Morgan fingerprint density at radius 3 is 2.50 bits per heavy atom. The van der Waals surface area contributed by atoms with Crippen molar-refractivity contribution in [1.29, 1.82) is 0 Å². The third-order valence-electron chi connectivity index (χ3n) is 3.29. The molecule has 2 aromatic carbocycles. The number of thioether (sulfide) groups is 1. The van der Waals surface area contributed by atoms with Gasteiger partial charge >= 0.3 is 0 Å². The summed E-state index contributed by atoms with van der Waals surface area (Å²) in [6, 6.07) is 16.7. The van der Waals surface area contributed by atoms with Crippen molar-refractivity contribution in [2.75, 3.05) is 0 Å². The lowest BCUT2D eigenvalue weighted by Gasteiger charge is -2.22. The summed E-state index contributed by atoms with van der Waals surface area (Å²) in [5, 5.41) is 2.08. The van der Waals surface area contributed by atoms with Crippen molar-refractivity contribution < 1.29 is 9.21 Å². The summed E-state index contributed by atoms with van der Waals surface area (Å²) in [6.07, 6.45) is 3.06. The molecule has 3 aromatic rings. The summed E-state index contributed by atoms with van der Waals surface area (Å²) in [7, 11) is 0. The van der Waals surface area contributed by atoms with Gasteiger partial charge in [0.2, 0.25) is 9.70 Å². The second kappa shape index (κ2) is 8.35. The number of oxazole rings is 1. The lowest BCUT2D eigenvalue weighted by atomic mass is 10.2. The number of amides is 1. The van der Waals surface area contributed by atoms with E-state index in [2.05, 4.69) is 10.3 Å². The molecule has 1 heterocycles. The van der Waals surface area contributed by atoms with Crippen LogP contribution < -0.4 is 5.32 Å². The fraction of sp³-hybridized carbons (Fsp3) is 0.111. The van der Waals surface area contributed by atoms with Gasteiger partial charge in [-0.05, 0) is 35.5 Å².